The Hall–Kier alpha value is -4.21. The number of carbonyl (C=O) groups excluding carboxylic acids is 1. The average Bonchev–Trinajstić information content (AvgIpc) is 2.91. The Morgan fingerprint density at radius 2 is 1.68 bits per heavy atom. The molecule has 0 aliphatic rings. The zero-order chi connectivity index (χ0) is 26.8. The van der Waals surface area contributed by atoms with Crippen molar-refractivity contribution in [2.24, 2.45) is 0 Å². The molecule has 0 unspecified atom stereocenters. The summed E-state index contributed by atoms with van der Waals surface area (Å²) in [6.07, 6.45) is 1.43. The van der Waals surface area contributed by atoms with Crippen LogP contribution in [0.5, 0.6) is 28.7 Å². The Morgan fingerprint density at radius 3 is 2.35 bits per heavy atom. The van der Waals surface area contributed by atoms with Gasteiger partial charge in [0.2, 0.25) is 5.91 Å². The van der Waals surface area contributed by atoms with E-state index >= 15 is 0 Å². The van der Waals surface area contributed by atoms with E-state index < -0.39 is 18.8 Å². The van der Waals surface area contributed by atoms with E-state index in [9.17, 15) is 25.2 Å². The minimum Gasteiger partial charge on any atom is -0.508 e. The van der Waals surface area contributed by atoms with Crippen molar-refractivity contribution >= 4 is 12.0 Å². The van der Waals surface area contributed by atoms with Gasteiger partial charge in [0.15, 0.2) is 29.1 Å². The van der Waals surface area contributed by atoms with Crippen molar-refractivity contribution < 1.29 is 39.4 Å². The third kappa shape index (κ3) is 7.63. The highest BCUT2D eigenvalue weighted by molar-refractivity contribution is 5.91. The molecule has 0 bridgehead atoms. The molecule has 9 nitrogen and oxygen atoms in total. The lowest BCUT2D eigenvalue weighted by molar-refractivity contribution is -0.116. The highest BCUT2D eigenvalue weighted by Crippen LogP contribution is 2.34. The lowest BCUT2D eigenvalue weighted by Crippen LogP contribution is -2.29. The molecule has 0 saturated heterocycles. The van der Waals surface area contributed by atoms with Crippen LogP contribution in [0.2, 0.25) is 0 Å². The highest BCUT2D eigenvalue weighted by Gasteiger charge is 2.24. The van der Waals surface area contributed by atoms with E-state index in [0.717, 1.165) is 5.56 Å². The van der Waals surface area contributed by atoms with Crippen LogP contribution >= 0.6 is 0 Å². The predicted octanol–water partition coefficient (Wildman–Crippen LogP) is 2.96. The summed E-state index contributed by atoms with van der Waals surface area (Å²) in [5.74, 6) is 0.697. The first-order chi connectivity index (χ1) is 17.8. The molecule has 3 aromatic carbocycles. The van der Waals surface area contributed by atoms with Crippen molar-refractivity contribution in [3.05, 3.63) is 83.4 Å². The smallest absolute Gasteiger partial charge is 0.244 e. The van der Waals surface area contributed by atoms with Crippen LogP contribution < -0.4 is 19.5 Å². The van der Waals surface area contributed by atoms with Crippen LogP contribution in [0.25, 0.3) is 6.08 Å². The lowest BCUT2D eigenvalue weighted by atomic mass is 10.0. The molecule has 0 radical (unpaired) electrons. The van der Waals surface area contributed by atoms with Gasteiger partial charge in [-0.25, -0.2) is 0 Å². The van der Waals surface area contributed by atoms with E-state index in [1.54, 1.807) is 48.5 Å². The molecule has 3 aromatic rings. The molecule has 0 heterocycles. The molecule has 0 fully saturated rings. The molecule has 0 saturated carbocycles. The maximum atomic E-state index is 12.2. The quantitative estimate of drug-likeness (QED) is 0.235. The summed E-state index contributed by atoms with van der Waals surface area (Å²) in [4.78, 5) is 12.2. The van der Waals surface area contributed by atoms with Crippen LogP contribution in [0.4, 0.5) is 0 Å². The largest absolute Gasteiger partial charge is 0.508 e. The fourth-order valence-electron chi connectivity index (χ4n) is 3.57. The molecule has 37 heavy (non-hydrogen) atoms. The number of aliphatic hydroxyl groups is 2. The fourth-order valence-corrected chi connectivity index (χ4v) is 3.57. The minimum atomic E-state index is -1.21. The van der Waals surface area contributed by atoms with E-state index in [-0.39, 0.29) is 23.2 Å². The Morgan fingerprint density at radius 1 is 0.946 bits per heavy atom. The van der Waals surface area contributed by atoms with E-state index in [2.05, 4.69) is 5.32 Å². The van der Waals surface area contributed by atoms with Gasteiger partial charge in [-0.05, 0) is 65.6 Å². The average molecular weight is 510 g/mol. The standard InChI is InChI=1S/C28H31NO8/c1-35-24-16-20(7-10-22(24)32)28(34)26(17-30)37-23-11-5-19(15-25(23)36-2)6-12-27(33)29-14-13-18-3-8-21(31)9-4-18/h3-12,15-16,26,28,30-32,34H,13-14,17H2,1-2H3,(H,29,33)/t26-,28-/m0/s1. The maximum absolute atomic E-state index is 12.2. The molecule has 196 valence electrons. The summed E-state index contributed by atoms with van der Waals surface area (Å²) in [6, 6.07) is 16.2. The van der Waals surface area contributed by atoms with Crippen molar-refractivity contribution in [2.45, 2.75) is 18.6 Å². The molecule has 9 heteroatoms. The first-order valence-corrected chi connectivity index (χ1v) is 11.6. The Balaban J connectivity index is 1.62. The van der Waals surface area contributed by atoms with Gasteiger partial charge in [-0.1, -0.05) is 24.3 Å². The lowest BCUT2D eigenvalue weighted by Gasteiger charge is -2.24. The molecule has 0 aliphatic heterocycles. The van der Waals surface area contributed by atoms with Gasteiger partial charge in [0.05, 0.1) is 20.8 Å². The summed E-state index contributed by atoms with van der Waals surface area (Å²) in [5.41, 5.74) is 2.07. The molecule has 0 aliphatic carbocycles. The minimum absolute atomic E-state index is 0.0729. The Kier molecular flexibility index (Phi) is 9.76. The number of rotatable bonds is 12. The fraction of sp³-hybridized carbons (Fsp3) is 0.250. The Labute approximate surface area is 215 Å². The number of phenolic OH excluding ortho intramolecular Hbond substituents is 2. The number of benzene rings is 3. The second-order valence-electron chi connectivity index (χ2n) is 8.17. The first-order valence-electron chi connectivity index (χ1n) is 11.6. The van der Waals surface area contributed by atoms with Crippen molar-refractivity contribution in [1.82, 2.24) is 5.32 Å². The van der Waals surface area contributed by atoms with Crippen LogP contribution in [0.3, 0.4) is 0 Å². The number of hydrogen-bond donors (Lipinski definition) is 5. The molecule has 0 spiro atoms. The third-order valence-corrected chi connectivity index (χ3v) is 5.62. The first kappa shape index (κ1) is 27.4. The van der Waals surface area contributed by atoms with Crippen LogP contribution in [0.15, 0.2) is 66.7 Å². The van der Waals surface area contributed by atoms with E-state index in [1.165, 1.54) is 38.5 Å². The van der Waals surface area contributed by atoms with Crippen LogP contribution in [0, 0.1) is 0 Å². The van der Waals surface area contributed by atoms with Crippen LogP contribution in [-0.2, 0) is 11.2 Å². The predicted molar refractivity (Wildman–Crippen MR) is 138 cm³/mol. The molecular weight excluding hydrogens is 478 g/mol. The third-order valence-electron chi connectivity index (χ3n) is 5.62. The van der Waals surface area contributed by atoms with Crippen molar-refractivity contribution in [3.63, 3.8) is 0 Å². The number of phenols is 2. The maximum Gasteiger partial charge on any atom is 0.244 e. The monoisotopic (exact) mass is 509 g/mol. The number of aliphatic hydroxyl groups excluding tert-OH is 2. The van der Waals surface area contributed by atoms with Gasteiger partial charge < -0.3 is 40.0 Å². The van der Waals surface area contributed by atoms with Gasteiger partial charge in [0.25, 0.3) is 0 Å². The number of aromatic hydroxyl groups is 2. The van der Waals surface area contributed by atoms with Crippen molar-refractivity contribution in [3.8, 4) is 28.7 Å². The van der Waals surface area contributed by atoms with Crippen molar-refractivity contribution in [1.29, 1.82) is 0 Å². The molecule has 2 atom stereocenters. The van der Waals surface area contributed by atoms with Gasteiger partial charge in [-0.2, -0.15) is 0 Å². The van der Waals surface area contributed by atoms with Crippen LogP contribution in [-0.4, -0.2) is 59.8 Å². The SMILES string of the molecule is COc1cc([C@H](O)[C@H](CO)Oc2ccc(C=CC(=O)NCCc3ccc(O)cc3)cc2OC)ccc1O. The number of carbonyl (C=O) groups is 1. The number of ether oxygens (including phenoxy) is 3. The van der Waals surface area contributed by atoms with Gasteiger partial charge in [-0.15, -0.1) is 0 Å². The van der Waals surface area contributed by atoms with E-state index in [1.807, 2.05) is 0 Å². The van der Waals surface area contributed by atoms with E-state index in [4.69, 9.17) is 14.2 Å². The summed E-state index contributed by atoms with van der Waals surface area (Å²) in [5, 5.41) is 42.5. The molecule has 5 N–H and O–H groups in total. The molecule has 0 aromatic heterocycles. The normalized spacial score (nSPS) is 12.6. The molecule has 1 amide bonds. The summed E-state index contributed by atoms with van der Waals surface area (Å²) < 4.78 is 16.3. The van der Waals surface area contributed by atoms with Crippen LogP contribution in [0.1, 0.15) is 22.8 Å². The summed E-state index contributed by atoms with van der Waals surface area (Å²) in [7, 11) is 2.86. The number of hydrogen-bond acceptors (Lipinski definition) is 8. The summed E-state index contributed by atoms with van der Waals surface area (Å²) in [6.45, 7) is -0.0404. The second kappa shape index (κ2) is 13.2. The number of nitrogens with one attached hydrogen (secondary N) is 1. The zero-order valence-corrected chi connectivity index (χ0v) is 20.6. The molecular formula is C28H31NO8. The van der Waals surface area contributed by atoms with Gasteiger partial charge >= 0.3 is 0 Å². The molecule has 3 rings (SSSR count). The van der Waals surface area contributed by atoms with Gasteiger partial charge in [0.1, 0.15) is 11.9 Å². The van der Waals surface area contributed by atoms with Crippen molar-refractivity contribution in [2.75, 3.05) is 27.4 Å². The van der Waals surface area contributed by atoms with Gasteiger partial charge in [-0.3, -0.25) is 4.79 Å². The number of methoxy groups -OCH3 is 2. The summed E-state index contributed by atoms with van der Waals surface area (Å²) >= 11 is 0. The second-order valence-corrected chi connectivity index (χ2v) is 8.17. The van der Waals surface area contributed by atoms with Gasteiger partial charge in [0, 0.05) is 12.6 Å². The van der Waals surface area contributed by atoms with E-state index in [0.29, 0.717) is 35.6 Å². The topological polar surface area (TPSA) is 138 Å². The number of amides is 1. The Bertz CT molecular complexity index is 1210. The zero-order valence-electron chi connectivity index (χ0n) is 20.6. The highest BCUT2D eigenvalue weighted by atomic mass is 16.5.